The van der Waals surface area contributed by atoms with E-state index in [0.29, 0.717) is 37.7 Å². The van der Waals surface area contributed by atoms with Crippen molar-refractivity contribution in [2.24, 2.45) is 5.41 Å². The molecule has 2 aliphatic heterocycles. The topological polar surface area (TPSA) is 84.7 Å². The molecule has 0 aliphatic carbocycles. The first-order valence-electron chi connectivity index (χ1n) is 9.18. The minimum absolute atomic E-state index is 0.0615. The molecule has 0 radical (unpaired) electrons. The molecule has 0 aromatic carbocycles. The SMILES string of the molecule is CCOC(=O)[C@@]12CCCN[C@H]1CCN(C(=O)c1oc(CC)nc1C)C2. The summed E-state index contributed by atoms with van der Waals surface area (Å²) in [6.45, 7) is 7.75. The number of hydrogen-bond acceptors (Lipinski definition) is 6. The number of esters is 1. The first-order valence-corrected chi connectivity index (χ1v) is 9.18. The molecule has 3 rings (SSSR count). The molecule has 0 spiro atoms. The Kier molecular flexibility index (Phi) is 5.13. The smallest absolute Gasteiger partial charge is 0.315 e. The van der Waals surface area contributed by atoms with Crippen molar-refractivity contribution >= 4 is 11.9 Å². The van der Waals surface area contributed by atoms with Gasteiger partial charge in [-0.2, -0.15) is 0 Å². The van der Waals surface area contributed by atoms with Crippen LogP contribution in [0.1, 0.15) is 55.2 Å². The second-order valence-corrected chi connectivity index (χ2v) is 6.88. The summed E-state index contributed by atoms with van der Waals surface area (Å²) >= 11 is 0. The van der Waals surface area contributed by atoms with Crippen LogP contribution in [-0.2, 0) is 16.0 Å². The number of likely N-dealkylation sites (tertiary alicyclic amines) is 1. The molecule has 7 heteroatoms. The third-order valence-electron chi connectivity index (χ3n) is 5.32. The average molecular weight is 349 g/mol. The Hall–Kier alpha value is -1.89. The molecular weight excluding hydrogens is 322 g/mol. The Balaban J connectivity index is 1.85. The number of fused-ring (bicyclic) bond motifs is 1. The number of piperidine rings is 2. The fourth-order valence-corrected chi connectivity index (χ4v) is 4.02. The number of nitrogens with one attached hydrogen (secondary N) is 1. The number of aryl methyl sites for hydroxylation is 2. The molecule has 0 saturated carbocycles. The number of rotatable bonds is 4. The Labute approximate surface area is 148 Å². The highest BCUT2D eigenvalue weighted by atomic mass is 16.5. The number of hydrogen-bond donors (Lipinski definition) is 1. The van der Waals surface area contributed by atoms with Gasteiger partial charge in [-0.1, -0.05) is 6.92 Å². The number of nitrogens with zero attached hydrogens (tertiary/aromatic N) is 2. The van der Waals surface area contributed by atoms with Gasteiger partial charge in [0, 0.05) is 25.6 Å². The van der Waals surface area contributed by atoms with Crippen LogP contribution in [0.3, 0.4) is 0 Å². The van der Waals surface area contributed by atoms with Crippen LogP contribution in [0.5, 0.6) is 0 Å². The summed E-state index contributed by atoms with van der Waals surface area (Å²) in [6, 6.07) is 0.0615. The Morgan fingerprint density at radius 1 is 1.44 bits per heavy atom. The molecule has 3 heterocycles. The van der Waals surface area contributed by atoms with E-state index in [1.807, 2.05) is 13.8 Å². The van der Waals surface area contributed by atoms with Crippen molar-refractivity contribution < 1.29 is 18.7 Å². The molecule has 1 aromatic heterocycles. The molecule has 0 bridgehead atoms. The third kappa shape index (κ3) is 3.17. The number of ether oxygens (including phenoxy) is 1. The number of aromatic nitrogens is 1. The van der Waals surface area contributed by atoms with Crippen LogP contribution in [0.15, 0.2) is 4.42 Å². The lowest BCUT2D eigenvalue weighted by Gasteiger charge is -2.49. The van der Waals surface area contributed by atoms with Crippen molar-refractivity contribution in [3.63, 3.8) is 0 Å². The van der Waals surface area contributed by atoms with E-state index >= 15 is 0 Å². The van der Waals surface area contributed by atoms with Gasteiger partial charge in [-0.25, -0.2) is 4.98 Å². The largest absolute Gasteiger partial charge is 0.465 e. The normalized spacial score (nSPS) is 26.2. The molecule has 2 atom stereocenters. The van der Waals surface area contributed by atoms with Gasteiger partial charge in [-0.15, -0.1) is 0 Å². The average Bonchev–Trinajstić information content (AvgIpc) is 3.01. The second-order valence-electron chi connectivity index (χ2n) is 6.88. The molecule has 7 nitrogen and oxygen atoms in total. The molecular formula is C18H27N3O4. The van der Waals surface area contributed by atoms with Crippen molar-refractivity contribution in [1.29, 1.82) is 0 Å². The monoisotopic (exact) mass is 349 g/mol. The maximum absolute atomic E-state index is 13.0. The summed E-state index contributed by atoms with van der Waals surface area (Å²) in [5.41, 5.74) is -0.0557. The summed E-state index contributed by atoms with van der Waals surface area (Å²) in [6.07, 6.45) is 3.02. The van der Waals surface area contributed by atoms with Crippen molar-refractivity contribution in [2.75, 3.05) is 26.2 Å². The van der Waals surface area contributed by atoms with Crippen LogP contribution in [-0.4, -0.2) is 54.0 Å². The highest BCUT2D eigenvalue weighted by Crippen LogP contribution is 2.39. The van der Waals surface area contributed by atoms with Crippen molar-refractivity contribution in [3.05, 3.63) is 17.3 Å². The summed E-state index contributed by atoms with van der Waals surface area (Å²) in [7, 11) is 0. The van der Waals surface area contributed by atoms with Crippen molar-refractivity contribution in [1.82, 2.24) is 15.2 Å². The van der Waals surface area contributed by atoms with E-state index < -0.39 is 5.41 Å². The van der Waals surface area contributed by atoms with Gasteiger partial charge in [0.05, 0.1) is 12.3 Å². The lowest BCUT2D eigenvalue weighted by atomic mass is 9.70. The Morgan fingerprint density at radius 3 is 2.92 bits per heavy atom. The van der Waals surface area contributed by atoms with E-state index in [1.165, 1.54) is 0 Å². The molecule has 1 aromatic rings. The van der Waals surface area contributed by atoms with Gasteiger partial charge in [-0.05, 0) is 39.7 Å². The van der Waals surface area contributed by atoms with Gasteiger partial charge in [0.25, 0.3) is 5.91 Å². The third-order valence-corrected chi connectivity index (χ3v) is 5.32. The molecule has 2 aliphatic rings. The quantitative estimate of drug-likeness (QED) is 0.833. The van der Waals surface area contributed by atoms with Gasteiger partial charge in [-0.3, -0.25) is 9.59 Å². The first kappa shape index (κ1) is 17.9. The maximum atomic E-state index is 13.0. The van der Waals surface area contributed by atoms with Crippen LogP contribution >= 0.6 is 0 Å². The fourth-order valence-electron chi connectivity index (χ4n) is 4.02. The molecule has 138 valence electrons. The van der Waals surface area contributed by atoms with Gasteiger partial charge >= 0.3 is 5.97 Å². The van der Waals surface area contributed by atoms with Crippen LogP contribution in [0.2, 0.25) is 0 Å². The number of oxazole rings is 1. The van der Waals surface area contributed by atoms with E-state index in [2.05, 4.69) is 10.3 Å². The zero-order chi connectivity index (χ0) is 18.0. The summed E-state index contributed by atoms with van der Waals surface area (Å²) in [5.74, 6) is 0.471. The zero-order valence-electron chi connectivity index (χ0n) is 15.3. The van der Waals surface area contributed by atoms with Gasteiger partial charge in [0.1, 0.15) is 5.41 Å². The predicted octanol–water partition coefficient (Wildman–Crippen LogP) is 1.69. The van der Waals surface area contributed by atoms with Crippen LogP contribution in [0.4, 0.5) is 0 Å². The van der Waals surface area contributed by atoms with Gasteiger partial charge < -0.3 is 19.4 Å². The number of carbonyl (C=O) groups is 2. The highest BCUT2D eigenvalue weighted by Gasteiger charge is 2.52. The van der Waals surface area contributed by atoms with Gasteiger partial charge in [0.15, 0.2) is 5.89 Å². The summed E-state index contributed by atoms with van der Waals surface area (Å²) in [5, 5.41) is 3.45. The number of carbonyl (C=O) groups excluding carboxylic acids is 2. The molecule has 1 N–H and O–H groups in total. The standard InChI is InChI=1S/C18H27N3O4/c1-4-14-20-12(3)15(25-14)16(22)21-10-7-13-18(11-21,8-6-9-19-13)17(23)24-5-2/h13,19H,4-11H2,1-3H3/t13-,18+/m0/s1. The van der Waals surface area contributed by atoms with E-state index in [1.54, 1.807) is 11.8 Å². The Morgan fingerprint density at radius 2 is 2.24 bits per heavy atom. The zero-order valence-corrected chi connectivity index (χ0v) is 15.3. The highest BCUT2D eigenvalue weighted by molar-refractivity contribution is 5.93. The molecule has 0 unspecified atom stereocenters. The summed E-state index contributed by atoms with van der Waals surface area (Å²) in [4.78, 5) is 31.7. The first-order chi connectivity index (χ1) is 12.0. The molecule has 25 heavy (non-hydrogen) atoms. The van der Waals surface area contributed by atoms with Gasteiger partial charge in [0.2, 0.25) is 5.76 Å². The van der Waals surface area contributed by atoms with Crippen molar-refractivity contribution in [2.45, 2.75) is 52.5 Å². The fraction of sp³-hybridized carbons (Fsp3) is 0.722. The minimum atomic E-state index is -0.663. The van der Waals surface area contributed by atoms with Crippen LogP contribution in [0, 0.1) is 12.3 Å². The van der Waals surface area contributed by atoms with E-state index in [9.17, 15) is 9.59 Å². The molecule has 2 fully saturated rings. The Bertz CT molecular complexity index is 657. The second kappa shape index (κ2) is 7.15. The van der Waals surface area contributed by atoms with Crippen molar-refractivity contribution in [3.8, 4) is 0 Å². The van der Waals surface area contributed by atoms with Crippen LogP contribution < -0.4 is 5.32 Å². The minimum Gasteiger partial charge on any atom is -0.465 e. The van der Waals surface area contributed by atoms with E-state index in [0.717, 1.165) is 25.8 Å². The summed E-state index contributed by atoms with van der Waals surface area (Å²) < 4.78 is 11.0. The number of amides is 1. The maximum Gasteiger partial charge on any atom is 0.315 e. The lowest BCUT2D eigenvalue weighted by Crippen LogP contribution is -2.64. The lowest BCUT2D eigenvalue weighted by molar-refractivity contribution is -0.162. The van der Waals surface area contributed by atoms with E-state index in [-0.39, 0.29) is 23.7 Å². The molecule has 2 saturated heterocycles. The van der Waals surface area contributed by atoms with Crippen LogP contribution in [0.25, 0.3) is 0 Å². The predicted molar refractivity (Wildman–Crippen MR) is 91.2 cm³/mol. The van der Waals surface area contributed by atoms with E-state index in [4.69, 9.17) is 9.15 Å². The molecule has 1 amide bonds.